The maximum absolute atomic E-state index is 13.5. The van der Waals surface area contributed by atoms with Gasteiger partial charge in [-0.15, -0.1) is 0 Å². The number of rotatable bonds is 3. The number of benzene rings is 2. The third kappa shape index (κ3) is 4.16. The Hall–Kier alpha value is -3.15. The number of hydrogen-bond acceptors (Lipinski definition) is 3. The van der Waals surface area contributed by atoms with Gasteiger partial charge >= 0.3 is 0 Å². The van der Waals surface area contributed by atoms with Gasteiger partial charge in [0.2, 0.25) is 0 Å². The van der Waals surface area contributed by atoms with Crippen LogP contribution in [-0.2, 0) is 0 Å². The molecule has 148 valence electrons. The second kappa shape index (κ2) is 8.07. The number of nitrogens with zero attached hydrogens (tertiary/aromatic N) is 3. The maximum atomic E-state index is 13.5. The molecule has 1 aliphatic heterocycles. The zero-order valence-electron chi connectivity index (χ0n) is 16.1. The van der Waals surface area contributed by atoms with E-state index in [2.05, 4.69) is 4.98 Å². The summed E-state index contributed by atoms with van der Waals surface area (Å²) in [6.45, 7) is 3.11. The summed E-state index contributed by atoms with van der Waals surface area (Å²) in [7, 11) is 0. The predicted octanol–water partition coefficient (Wildman–Crippen LogP) is 4.75. The van der Waals surface area contributed by atoms with Gasteiger partial charge in [0.05, 0.1) is 0 Å². The molecule has 6 heteroatoms. The van der Waals surface area contributed by atoms with E-state index < -0.39 is 11.6 Å². The molecular weight excluding hydrogens is 372 g/mol. The Morgan fingerprint density at radius 1 is 1.07 bits per heavy atom. The Morgan fingerprint density at radius 3 is 2.62 bits per heavy atom. The van der Waals surface area contributed by atoms with Crippen LogP contribution in [0.2, 0.25) is 0 Å². The highest BCUT2D eigenvalue weighted by atomic mass is 19.2. The minimum atomic E-state index is -1.01. The van der Waals surface area contributed by atoms with Crippen molar-refractivity contribution in [2.24, 2.45) is 0 Å². The molecule has 4 rings (SSSR count). The molecule has 0 N–H and O–H groups in total. The number of piperidine rings is 1. The minimum Gasteiger partial charge on any atom is -0.338 e. The summed E-state index contributed by atoms with van der Waals surface area (Å²) in [6, 6.07) is 13.2. The van der Waals surface area contributed by atoms with Crippen molar-refractivity contribution in [3.63, 3.8) is 0 Å². The highest BCUT2D eigenvalue weighted by Crippen LogP contribution is 2.28. The van der Waals surface area contributed by atoms with Crippen LogP contribution in [-0.4, -0.2) is 33.9 Å². The summed E-state index contributed by atoms with van der Waals surface area (Å²) in [5, 5.41) is 0. The van der Waals surface area contributed by atoms with E-state index in [-0.39, 0.29) is 17.4 Å². The second-order valence-corrected chi connectivity index (χ2v) is 7.39. The van der Waals surface area contributed by atoms with E-state index in [0.717, 1.165) is 36.2 Å². The summed E-state index contributed by atoms with van der Waals surface area (Å²) in [5.74, 6) is -1.52. The molecule has 0 spiro atoms. The molecule has 1 atom stereocenters. The standard InChI is InChI=1S/C23H21F2N3O/c1-15-4-6-16(7-5-15)22-26-11-10-21(27-22)18-3-2-12-28(14-18)23(29)17-8-9-19(24)20(25)13-17/h4-11,13,18H,2-3,12,14H2,1H3. The Labute approximate surface area is 168 Å². The molecule has 1 fully saturated rings. The van der Waals surface area contributed by atoms with Crippen molar-refractivity contribution in [1.82, 2.24) is 14.9 Å². The molecule has 0 radical (unpaired) electrons. The zero-order chi connectivity index (χ0) is 20.4. The molecule has 1 aliphatic rings. The molecule has 0 aliphatic carbocycles. The number of halogens is 2. The predicted molar refractivity (Wildman–Crippen MR) is 106 cm³/mol. The molecule has 4 nitrogen and oxygen atoms in total. The maximum Gasteiger partial charge on any atom is 0.253 e. The first-order chi connectivity index (χ1) is 14.0. The quantitative estimate of drug-likeness (QED) is 0.645. The monoisotopic (exact) mass is 393 g/mol. The van der Waals surface area contributed by atoms with Gasteiger partial charge in [0.1, 0.15) is 0 Å². The van der Waals surface area contributed by atoms with Crippen LogP contribution in [0, 0.1) is 18.6 Å². The van der Waals surface area contributed by atoms with Crippen LogP contribution in [0.5, 0.6) is 0 Å². The second-order valence-electron chi connectivity index (χ2n) is 7.39. The molecule has 1 amide bonds. The van der Waals surface area contributed by atoms with Crippen molar-refractivity contribution in [1.29, 1.82) is 0 Å². The van der Waals surface area contributed by atoms with Crippen LogP contribution in [0.25, 0.3) is 11.4 Å². The van der Waals surface area contributed by atoms with Gasteiger partial charge in [-0.05, 0) is 44.0 Å². The van der Waals surface area contributed by atoms with Crippen molar-refractivity contribution in [2.75, 3.05) is 13.1 Å². The lowest BCUT2D eigenvalue weighted by molar-refractivity contribution is 0.0705. The molecule has 3 aromatic rings. The van der Waals surface area contributed by atoms with Gasteiger partial charge in [0, 0.05) is 42.0 Å². The average Bonchev–Trinajstić information content (AvgIpc) is 2.76. The molecule has 2 aromatic carbocycles. The topological polar surface area (TPSA) is 46.1 Å². The fourth-order valence-electron chi connectivity index (χ4n) is 3.66. The Morgan fingerprint density at radius 2 is 1.86 bits per heavy atom. The van der Waals surface area contributed by atoms with Crippen molar-refractivity contribution in [2.45, 2.75) is 25.7 Å². The van der Waals surface area contributed by atoms with Crippen LogP contribution in [0.4, 0.5) is 8.78 Å². The summed E-state index contributed by atoms with van der Waals surface area (Å²) >= 11 is 0. The van der Waals surface area contributed by atoms with E-state index in [4.69, 9.17) is 4.98 Å². The third-order valence-electron chi connectivity index (χ3n) is 5.28. The number of aromatic nitrogens is 2. The van der Waals surface area contributed by atoms with Gasteiger partial charge < -0.3 is 4.90 Å². The van der Waals surface area contributed by atoms with E-state index >= 15 is 0 Å². The highest BCUT2D eigenvalue weighted by molar-refractivity contribution is 5.94. The average molecular weight is 393 g/mol. The van der Waals surface area contributed by atoms with Crippen LogP contribution in [0.3, 0.4) is 0 Å². The molecule has 1 saturated heterocycles. The number of carbonyl (C=O) groups is 1. The number of hydrogen-bond donors (Lipinski definition) is 0. The zero-order valence-corrected chi connectivity index (χ0v) is 16.1. The van der Waals surface area contributed by atoms with Gasteiger partial charge in [0.25, 0.3) is 5.91 Å². The van der Waals surface area contributed by atoms with Crippen molar-refractivity contribution >= 4 is 5.91 Å². The van der Waals surface area contributed by atoms with E-state index in [9.17, 15) is 13.6 Å². The Balaban J connectivity index is 1.54. The van der Waals surface area contributed by atoms with E-state index in [1.165, 1.54) is 11.6 Å². The van der Waals surface area contributed by atoms with Crippen molar-refractivity contribution in [3.05, 3.63) is 83.2 Å². The minimum absolute atomic E-state index is 0.0743. The third-order valence-corrected chi connectivity index (χ3v) is 5.28. The smallest absolute Gasteiger partial charge is 0.253 e. The van der Waals surface area contributed by atoms with Crippen molar-refractivity contribution < 1.29 is 13.6 Å². The molecule has 0 saturated carbocycles. The number of carbonyl (C=O) groups excluding carboxylic acids is 1. The molecule has 29 heavy (non-hydrogen) atoms. The fraction of sp³-hybridized carbons (Fsp3) is 0.261. The van der Waals surface area contributed by atoms with Gasteiger partial charge in [-0.25, -0.2) is 18.7 Å². The number of likely N-dealkylation sites (tertiary alicyclic amines) is 1. The van der Waals surface area contributed by atoms with Crippen LogP contribution in [0.1, 0.15) is 40.4 Å². The van der Waals surface area contributed by atoms with Gasteiger partial charge in [0.15, 0.2) is 17.5 Å². The lowest BCUT2D eigenvalue weighted by Gasteiger charge is -2.32. The Kier molecular flexibility index (Phi) is 5.34. The Bertz CT molecular complexity index is 1040. The van der Waals surface area contributed by atoms with Gasteiger partial charge in [-0.2, -0.15) is 0 Å². The summed E-state index contributed by atoms with van der Waals surface area (Å²) in [5.41, 5.74) is 3.16. The van der Waals surface area contributed by atoms with E-state index in [0.29, 0.717) is 18.9 Å². The van der Waals surface area contributed by atoms with Crippen LogP contribution < -0.4 is 0 Å². The lowest BCUT2D eigenvalue weighted by Crippen LogP contribution is -2.39. The number of amides is 1. The molecular formula is C23H21F2N3O. The fourth-order valence-corrected chi connectivity index (χ4v) is 3.66. The normalized spacial score (nSPS) is 16.7. The van der Waals surface area contributed by atoms with Crippen molar-refractivity contribution in [3.8, 4) is 11.4 Å². The molecule has 2 heterocycles. The summed E-state index contributed by atoms with van der Waals surface area (Å²) in [6.07, 6.45) is 3.48. The first-order valence-corrected chi connectivity index (χ1v) is 9.65. The first kappa shape index (κ1) is 19.2. The van der Waals surface area contributed by atoms with E-state index in [1.807, 2.05) is 37.3 Å². The van der Waals surface area contributed by atoms with Gasteiger partial charge in [-0.3, -0.25) is 4.79 Å². The highest BCUT2D eigenvalue weighted by Gasteiger charge is 2.27. The first-order valence-electron chi connectivity index (χ1n) is 9.65. The largest absolute Gasteiger partial charge is 0.338 e. The van der Waals surface area contributed by atoms with E-state index in [1.54, 1.807) is 11.1 Å². The number of aryl methyl sites for hydroxylation is 1. The van der Waals surface area contributed by atoms with Gasteiger partial charge in [-0.1, -0.05) is 29.8 Å². The molecule has 0 bridgehead atoms. The SMILES string of the molecule is Cc1ccc(-c2nccc(C3CCCN(C(=O)c4ccc(F)c(F)c4)C3)n2)cc1. The summed E-state index contributed by atoms with van der Waals surface area (Å²) in [4.78, 5) is 23.6. The summed E-state index contributed by atoms with van der Waals surface area (Å²) < 4.78 is 26.7. The molecule has 1 unspecified atom stereocenters. The molecule has 1 aromatic heterocycles. The van der Waals surface area contributed by atoms with Crippen LogP contribution >= 0.6 is 0 Å². The lowest BCUT2D eigenvalue weighted by atomic mass is 9.94. The van der Waals surface area contributed by atoms with Crippen LogP contribution in [0.15, 0.2) is 54.7 Å².